The minimum absolute atomic E-state index is 0. The van der Waals surface area contributed by atoms with Crippen molar-refractivity contribution >= 4 is 50.3 Å². The van der Waals surface area contributed by atoms with Crippen molar-refractivity contribution in [2.75, 3.05) is 0 Å². The molecule has 0 saturated carbocycles. The normalized spacial score (nSPS) is 10.5. The summed E-state index contributed by atoms with van der Waals surface area (Å²) in [6, 6.07) is 103. The minimum Gasteiger partial charge on any atom is -1.00 e. The minimum atomic E-state index is -0.821. The molecule has 0 atom stereocenters. The number of hydrogen-bond acceptors (Lipinski definition) is 7. The van der Waals surface area contributed by atoms with E-state index < -0.39 is 11.6 Å². The molecule has 478 valence electrons. The van der Waals surface area contributed by atoms with Crippen LogP contribution in [0.3, 0.4) is 0 Å². The first-order valence-electron chi connectivity index (χ1n) is 30.5. The monoisotopic (exact) mass is 1350 g/mol. The van der Waals surface area contributed by atoms with Gasteiger partial charge in [0.1, 0.15) is 45.5 Å². The molecule has 0 amide bonds. The fourth-order valence-electron chi connectivity index (χ4n) is 12.5. The number of carbonyl (C=O) groups is 1. The Bertz CT molecular complexity index is 5130. The second-order valence-corrected chi connectivity index (χ2v) is 22.6. The van der Waals surface area contributed by atoms with Crippen LogP contribution >= 0.6 is 0 Å². The molecule has 99 heavy (non-hydrogen) atoms. The quantitative estimate of drug-likeness (QED) is 0.0573. The van der Waals surface area contributed by atoms with E-state index in [4.69, 9.17) is 18.9 Å². The number of rotatable bonds is 11. The van der Waals surface area contributed by atoms with Crippen LogP contribution in [0.5, 0.6) is 11.5 Å². The predicted molar refractivity (Wildman–Crippen MR) is 393 cm³/mol. The van der Waals surface area contributed by atoms with E-state index in [1.807, 2.05) is 121 Å². The second kappa shape index (κ2) is 33.6. The Morgan fingerprint density at radius 3 is 0.879 bits per heavy atom. The zero-order chi connectivity index (χ0) is 64.1. The molecule has 2 heterocycles. The van der Waals surface area contributed by atoms with E-state index in [0.29, 0.717) is 11.1 Å². The third-order valence-corrected chi connectivity index (χ3v) is 17.0. The summed E-state index contributed by atoms with van der Waals surface area (Å²) in [5, 5.41) is 35.8. The zero-order valence-electron chi connectivity index (χ0n) is 53.3. The molecule has 0 fully saturated rings. The van der Waals surface area contributed by atoms with Crippen LogP contribution in [0.4, 0.5) is 8.78 Å². The van der Waals surface area contributed by atoms with Crippen molar-refractivity contribution in [1.82, 2.24) is 0 Å². The molecule has 14 aromatic carbocycles. The number of phenols is 2. The molecule has 2 aromatic heterocycles. The van der Waals surface area contributed by atoms with Gasteiger partial charge in [-0.1, -0.05) is 289 Å². The van der Waals surface area contributed by atoms with Crippen molar-refractivity contribution < 1.29 is 147 Å². The van der Waals surface area contributed by atoms with Crippen LogP contribution < -0.4 is 108 Å². The zero-order valence-corrected chi connectivity index (χ0v) is 58.5. The maximum Gasteiger partial charge on any atom is 1.00 e. The van der Waals surface area contributed by atoms with Crippen molar-refractivity contribution in [3.63, 3.8) is 0 Å². The molecule has 11 heteroatoms. The van der Waals surface area contributed by atoms with Crippen molar-refractivity contribution in [1.29, 1.82) is 0 Å². The maximum absolute atomic E-state index is 15.5. The van der Waals surface area contributed by atoms with Crippen molar-refractivity contribution in [2.24, 2.45) is 0 Å². The Balaban J connectivity index is 0.000000229. The largest absolute Gasteiger partial charge is 1.00 e. The summed E-state index contributed by atoms with van der Waals surface area (Å²) in [5.41, 5.74) is 19.7. The van der Waals surface area contributed by atoms with Crippen LogP contribution in [0.2, 0.25) is 0 Å². The van der Waals surface area contributed by atoms with Gasteiger partial charge in [0, 0.05) is 78.2 Å². The first kappa shape index (κ1) is 74.1. The van der Waals surface area contributed by atoms with Gasteiger partial charge in [0.05, 0.1) is 0 Å². The fraction of sp³-hybridized carbons (Fsp3) is 0.0341. The van der Waals surface area contributed by atoms with Crippen LogP contribution in [-0.4, -0.2) is 16.7 Å². The Kier molecular flexibility index (Phi) is 25.1. The molecule has 7 nitrogen and oxygen atoms in total. The van der Waals surface area contributed by atoms with Crippen LogP contribution in [0, 0.1) is 11.6 Å². The maximum atomic E-state index is 15.5. The second-order valence-electron chi connectivity index (χ2n) is 22.6. The summed E-state index contributed by atoms with van der Waals surface area (Å²) in [6.45, 7) is -0.181. The molecule has 0 radical (unpaired) electrons. The molecule has 2 N–H and O–H groups in total. The number of para-hydroxylation sites is 4. The number of aromatic hydroxyl groups is 2. The molecule has 16 rings (SSSR count). The van der Waals surface area contributed by atoms with E-state index >= 15 is 8.78 Å². The topological polar surface area (TPSA) is 116 Å². The molecule has 0 aliphatic rings. The van der Waals surface area contributed by atoms with Gasteiger partial charge in [-0.3, -0.25) is 4.79 Å². The van der Waals surface area contributed by atoms with Crippen molar-refractivity contribution in [2.45, 2.75) is 22.3 Å². The molecule has 16 aromatic rings. The SMILES string of the molecule is C.C.C.O=CO[O-].Oc1c(-c2cccc(-c3ccccc3)c2)cccc1-c1cc(-c2cccc(-c3cccc(-c4ccccc4)c3)c2O)c(F)cc1F.[H-].[K+].[K+].c1ccc(-c2cccc(-c3cccc4c3oc3cc5oc6c(-c7cccc(-c8ccccc8)c7)cccc6c5cc34)c2)cc1. The predicted octanol–water partition coefficient (Wildman–Crippen LogP) is 18.0. The molecule has 0 aliphatic heterocycles. The first-order chi connectivity index (χ1) is 46.2. The molecule has 0 aliphatic carbocycles. The van der Waals surface area contributed by atoms with Gasteiger partial charge in [0.25, 0.3) is 6.47 Å². The standard InChI is InChI=1S/C42H28F2O2.C42H26O2.CH2O3.3CH4.2K.H/c43-39-26-40(44)38(36-22-10-20-34(42(36)46)32-18-8-16-30(24-32)28-13-5-2-6-14-28)25-37(39)35-21-9-19-33(41(35)45)31-17-7-15-29(23-31)27-11-3-1-4-12-27;1-3-11-27(12-4-1)29-15-7-17-31(23-29)33-19-9-21-35-37-25-38-36-22-10-20-34(42(36)44-40(38)26-39(37)43-41(33)35)32-18-8-16-30(24-32)28-13-5-2-6-14-28;2-1-4-3;;;;;;/h1-26,45-46H;1-26H;1,3H;3*1H4;;;/q;;;;;;2*+1;-1/p-1. The van der Waals surface area contributed by atoms with Gasteiger partial charge in [-0.2, -0.15) is 0 Å². The smallest absolute Gasteiger partial charge is 1.00 e. The number of carbonyl (C=O) groups excluding carboxylic acids is 1. The molecule has 0 spiro atoms. The van der Waals surface area contributed by atoms with E-state index in [0.717, 1.165) is 106 Å². The number of benzene rings is 14. The van der Waals surface area contributed by atoms with Gasteiger partial charge in [-0.25, -0.2) is 8.78 Å². The van der Waals surface area contributed by atoms with Crippen molar-refractivity contribution in [3.05, 3.63) is 327 Å². The van der Waals surface area contributed by atoms with E-state index in [2.05, 4.69) is 150 Å². The number of furan rings is 2. The van der Waals surface area contributed by atoms with Gasteiger partial charge in [-0.15, -0.1) is 0 Å². The Labute approximate surface area is 661 Å². The van der Waals surface area contributed by atoms with Gasteiger partial charge in [-0.05, 0) is 103 Å². The number of fused-ring (bicyclic) bond motifs is 6. The van der Waals surface area contributed by atoms with E-state index in [1.54, 1.807) is 36.4 Å². The third kappa shape index (κ3) is 15.5. The molecular weight excluding hydrogens is 1290 g/mol. The number of phenolic OH excluding ortho intramolecular Hbond substituents is 2. The van der Waals surface area contributed by atoms with Gasteiger partial charge in [0.2, 0.25) is 0 Å². The van der Waals surface area contributed by atoms with Crippen LogP contribution in [-0.2, 0) is 9.68 Å². The Morgan fingerprint density at radius 2 is 0.556 bits per heavy atom. The van der Waals surface area contributed by atoms with Crippen LogP contribution in [0.25, 0.3) is 155 Å². The summed E-state index contributed by atoms with van der Waals surface area (Å²) < 4.78 is 44.2. The van der Waals surface area contributed by atoms with Gasteiger partial charge < -0.3 is 30.6 Å². The fourth-order valence-corrected chi connectivity index (χ4v) is 12.5. The molecule has 0 bridgehead atoms. The summed E-state index contributed by atoms with van der Waals surface area (Å²) in [4.78, 5) is 11.2. The van der Waals surface area contributed by atoms with E-state index in [9.17, 15) is 10.2 Å². The third-order valence-electron chi connectivity index (χ3n) is 17.0. The average Bonchev–Trinajstić information content (AvgIpc) is 1.54. The number of hydrogen-bond donors (Lipinski definition) is 2. The number of halogens is 2. The molecule has 0 unspecified atom stereocenters. The Hall–Kier alpha value is -9.16. The van der Waals surface area contributed by atoms with Gasteiger partial charge >= 0.3 is 103 Å². The summed E-state index contributed by atoms with van der Waals surface area (Å²) in [5.74, 6) is -1.89. The summed E-state index contributed by atoms with van der Waals surface area (Å²) in [6.07, 6.45) is 0. The van der Waals surface area contributed by atoms with Crippen molar-refractivity contribution in [3.8, 4) is 123 Å². The Morgan fingerprint density at radius 1 is 0.293 bits per heavy atom. The van der Waals surface area contributed by atoms with E-state index in [-0.39, 0.29) is 167 Å². The average molecular weight is 1350 g/mol. The first-order valence-corrected chi connectivity index (χ1v) is 30.5. The van der Waals surface area contributed by atoms with Crippen LogP contribution in [0.1, 0.15) is 23.7 Å². The molecular formula is C88H68F2K2O7. The van der Waals surface area contributed by atoms with Gasteiger partial charge in [0.15, 0.2) is 0 Å². The van der Waals surface area contributed by atoms with E-state index in [1.165, 1.54) is 28.3 Å². The summed E-state index contributed by atoms with van der Waals surface area (Å²) in [7, 11) is 0. The molecule has 0 saturated heterocycles. The summed E-state index contributed by atoms with van der Waals surface area (Å²) >= 11 is 0. The van der Waals surface area contributed by atoms with Crippen LogP contribution in [0.15, 0.2) is 324 Å².